The lowest BCUT2D eigenvalue weighted by atomic mass is 9.97. The number of rotatable bonds is 6. The van der Waals surface area contributed by atoms with Crippen LogP contribution in [0.25, 0.3) is 10.4 Å². The average Bonchev–Trinajstić information content (AvgIpc) is 2.38. The number of nitro groups is 1. The molecule has 2 atom stereocenters. The van der Waals surface area contributed by atoms with Crippen LogP contribution in [0.2, 0.25) is 0 Å². The smallest absolute Gasteiger partial charge is 0.272 e. The van der Waals surface area contributed by atoms with Crippen molar-refractivity contribution >= 4 is 5.69 Å². The number of hydrogen-bond acceptors (Lipinski definition) is 5. The number of nitrogens with zero attached hydrogens (tertiary/aromatic N) is 4. The minimum atomic E-state index is -1.26. The molecule has 1 rings (SSSR count). The summed E-state index contributed by atoms with van der Waals surface area (Å²) >= 11 is 0. The van der Waals surface area contributed by atoms with Crippen molar-refractivity contribution in [2.24, 2.45) is 5.11 Å². The van der Waals surface area contributed by atoms with Crippen LogP contribution >= 0.6 is 0 Å². The van der Waals surface area contributed by atoms with Crippen molar-refractivity contribution < 1.29 is 15.1 Å². The second-order valence-corrected chi connectivity index (χ2v) is 4.00. The molecule has 1 aromatic rings. The van der Waals surface area contributed by atoms with Crippen molar-refractivity contribution in [3.05, 3.63) is 49.9 Å². The molecule has 2 unspecified atom stereocenters. The predicted octanol–water partition coefficient (Wildman–Crippen LogP) is 2.00. The zero-order valence-corrected chi connectivity index (χ0v) is 10.3. The molecule has 0 radical (unpaired) electrons. The van der Waals surface area contributed by atoms with Crippen molar-refractivity contribution in [2.45, 2.75) is 25.6 Å². The summed E-state index contributed by atoms with van der Waals surface area (Å²) in [6.07, 6.45) is -2.33. The molecule has 0 heterocycles. The van der Waals surface area contributed by atoms with Gasteiger partial charge in [0.2, 0.25) is 0 Å². The van der Waals surface area contributed by atoms with Crippen molar-refractivity contribution in [3.63, 3.8) is 0 Å². The molecule has 0 aliphatic rings. The lowest BCUT2D eigenvalue weighted by Gasteiger charge is -2.19. The average molecular weight is 266 g/mol. The van der Waals surface area contributed by atoms with E-state index in [9.17, 15) is 20.3 Å². The summed E-state index contributed by atoms with van der Waals surface area (Å²) in [5, 5.41) is 33.8. The Balaban J connectivity index is 2.93. The molecule has 0 aliphatic heterocycles. The van der Waals surface area contributed by atoms with Gasteiger partial charge in [-0.25, -0.2) is 0 Å². The van der Waals surface area contributed by atoms with Crippen LogP contribution in [0.5, 0.6) is 0 Å². The first-order chi connectivity index (χ1) is 8.99. The van der Waals surface area contributed by atoms with Crippen LogP contribution < -0.4 is 0 Å². The third kappa shape index (κ3) is 3.65. The Labute approximate surface area is 109 Å². The fourth-order valence-electron chi connectivity index (χ4n) is 1.76. The fraction of sp³-hybridized carbons (Fsp3) is 0.455. The summed E-state index contributed by atoms with van der Waals surface area (Å²) < 4.78 is 0. The van der Waals surface area contributed by atoms with E-state index in [2.05, 4.69) is 10.0 Å². The van der Waals surface area contributed by atoms with E-state index >= 15 is 0 Å². The molecule has 0 fully saturated rings. The highest BCUT2D eigenvalue weighted by atomic mass is 16.6. The van der Waals surface area contributed by atoms with E-state index in [1.165, 1.54) is 25.1 Å². The number of nitro benzene ring substituents is 1. The van der Waals surface area contributed by atoms with Gasteiger partial charge in [-0.15, -0.1) is 0 Å². The van der Waals surface area contributed by atoms with E-state index in [-0.39, 0.29) is 18.7 Å². The first-order valence-electron chi connectivity index (χ1n) is 5.60. The summed E-state index contributed by atoms with van der Waals surface area (Å²) in [7, 11) is 0. The lowest BCUT2D eigenvalue weighted by Crippen LogP contribution is -2.20. The molecule has 0 saturated heterocycles. The lowest BCUT2D eigenvalue weighted by molar-refractivity contribution is -0.385. The van der Waals surface area contributed by atoms with E-state index in [1.54, 1.807) is 0 Å². The molecule has 8 heteroatoms. The topological polar surface area (TPSA) is 132 Å². The van der Waals surface area contributed by atoms with Crippen molar-refractivity contribution in [1.29, 1.82) is 0 Å². The van der Waals surface area contributed by atoms with Crippen molar-refractivity contribution in [1.82, 2.24) is 0 Å². The molecule has 19 heavy (non-hydrogen) atoms. The summed E-state index contributed by atoms with van der Waals surface area (Å²) in [6, 6.07) is 4.30. The van der Waals surface area contributed by atoms with Gasteiger partial charge in [-0.2, -0.15) is 0 Å². The number of aliphatic hydroxyl groups excluding tert-OH is 2. The van der Waals surface area contributed by atoms with Gasteiger partial charge in [0.1, 0.15) is 6.10 Å². The number of benzene rings is 1. The van der Waals surface area contributed by atoms with Gasteiger partial charge < -0.3 is 10.2 Å². The Kier molecular flexibility index (Phi) is 5.25. The monoisotopic (exact) mass is 266 g/mol. The number of aliphatic hydroxyl groups is 2. The Morgan fingerprint density at radius 2 is 2.21 bits per heavy atom. The highest BCUT2D eigenvalue weighted by Gasteiger charge is 2.23. The van der Waals surface area contributed by atoms with E-state index in [4.69, 9.17) is 5.53 Å². The van der Waals surface area contributed by atoms with Crippen LogP contribution in [-0.4, -0.2) is 27.8 Å². The standard InChI is InChI=1S/C11H14N4O4/c1-7-8(3-2-4-9(7)15(18)19)11(17)10(16)5-6-13-14-12/h2-4,10-11,16-17H,5-6H2,1H3. The van der Waals surface area contributed by atoms with Gasteiger partial charge >= 0.3 is 0 Å². The summed E-state index contributed by atoms with van der Waals surface area (Å²) in [6.45, 7) is 1.56. The largest absolute Gasteiger partial charge is 0.390 e. The molecule has 1 aromatic carbocycles. The summed E-state index contributed by atoms with van der Waals surface area (Å²) in [4.78, 5) is 12.8. The molecule has 0 amide bonds. The quantitative estimate of drug-likeness (QED) is 0.268. The molecule has 0 aliphatic carbocycles. The van der Waals surface area contributed by atoms with Gasteiger partial charge in [-0.3, -0.25) is 10.1 Å². The van der Waals surface area contributed by atoms with Gasteiger partial charge in [0.25, 0.3) is 5.69 Å². The van der Waals surface area contributed by atoms with Gasteiger partial charge in [0, 0.05) is 23.1 Å². The Morgan fingerprint density at radius 3 is 2.79 bits per heavy atom. The predicted molar refractivity (Wildman–Crippen MR) is 67.4 cm³/mol. The third-order valence-corrected chi connectivity index (χ3v) is 2.82. The molecule has 0 saturated carbocycles. The maximum atomic E-state index is 10.8. The molecular formula is C11H14N4O4. The van der Waals surface area contributed by atoms with Gasteiger partial charge in [0.15, 0.2) is 0 Å². The fourth-order valence-corrected chi connectivity index (χ4v) is 1.76. The highest BCUT2D eigenvalue weighted by molar-refractivity contribution is 5.45. The van der Waals surface area contributed by atoms with Crippen LogP contribution in [0.15, 0.2) is 23.3 Å². The van der Waals surface area contributed by atoms with Crippen molar-refractivity contribution in [3.8, 4) is 0 Å². The van der Waals surface area contributed by atoms with Gasteiger partial charge in [-0.05, 0) is 24.4 Å². The SMILES string of the molecule is Cc1c(C(O)C(O)CCN=[N+]=[N-])cccc1[N+](=O)[O-]. The van der Waals surface area contributed by atoms with Gasteiger partial charge in [-0.1, -0.05) is 17.2 Å². The molecular weight excluding hydrogens is 252 g/mol. The van der Waals surface area contributed by atoms with E-state index in [0.717, 1.165) is 0 Å². The molecule has 0 bridgehead atoms. The normalized spacial score (nSPS) is 13.4. The minimum absolute atomic E-state index is 0.0443. The maximum Gasteiger partial charge on any atom is 0.272 e. The molecule has 8 nitrogen and oxygen atoms in total. The third-order valence-electron chi connectivity index (χ3n) is 2.82. The minimum Gasteiger partial charge on any atom is -0.390 e. The molecule has 102 valence electrons. The van der Waals surface area contributed by atoms with Crippen LogP contribution in [0.3, 0.4) is 0 Å². The Hall–Kier alpha value is -2.15. The molecule has 2 N–H and O–H groups in total. The van der Waals surface area contributed by atoms with Crippen LogP contribution in [0.4, 0.5) is 5.69 Å². The zero-order chi connectivity index (χ0) is 14.4. The molecule has 0 aromatic heterocycles. The summed E-state index contributed by atoms with van der Waals surface area (Å²) in [5.41, 5.74) is 8.61. The van der Waals surface area contributed by atoms with E-state index in [0.29, 0.717) is 11.1 Å². The second-order valence-electron chi connectivity index (χ2n) is 4.00. The Bertz CT molecular complexity index is 513. The first-order valence-corrected chi connectivity index (χ1v) is 5.60. The zero-order valence-electron chi connectivity index (χ0n) is 10.3. The summed E-state index contributed by atoms with van der Waals surface area (Å²) in [5.74, 6) is 0. The van der Waals surface area contributed by atoms with Crippen molar-refractivity contribution in [2.75, 3.05) is 6.54 Å². The first kappa shape index (κ1) is 14.9. The van der Waals surface area contributed by atoms with Gasteiger partial charge in [0.05, 0.1) is 11.0 Å². The maximum absolute atomic E-state index is 10.8. The Morgan fingerprint density at radius 1 is 1.53 bits per heavy atom. The van der Waals surface area contributed by atoms with Crippen LogP contribution in [0.1, 0.15) is 23.7 Å². The van der Waals surface area contributed by atoms with E-state index in [1.807, 2.05) is 0 Å². The number of azide groups is 1. The molecule has 0 spiro atoms. The van der Waals surface area contributed by atoms with E-state index < -0.39 is 17.1 Å². The number of hydrogen-bond donors (Lipinski definition) is 2. The second kappa shape index (κ2) is 6.69. The van der Waals surface area contributed by atoms with Crippen LogP contribution in [0, 0.1) is 17.0 Å². The highest BCUT2D eigenvalue weighted by Crippen LogP contribution is 2.28. The van der Waals surface area contributed by atoms with Crippen LogP contribution in [-0.2, 0) is 0 Å².